The van der Waals surface area contributed by atoms with Gasteiger partial charge < -0.3 is 24.2 Å². The summed E-state index contributed by atoms with van der Waals surface area (Å²) < 4.78 is 48.6. The van der Waals surface area contributed by atoms with Crippen molar-refractivity contribution in [2.24, 2.45) is 11.3 Å². The monoisotopic (exact) mass is 578 g/mol. The number of alkyl halides is 3. The van der Waals surface area contributed by atoms with E-state index in [-0.39, 0.29) is 12.7 Å². The van der Waals surface area contributed by atoms with E-state index in [1.54, 1.807) is 0 Å². The average molecular weight is 579 g/mol. The topological polar surface area (TPSA) is 88.5 Å². The molecule has 0 aliphatic carbocycles. The number of halogens is 3. The van der Waals surface area contributed by atoms with Gasteiger partial charge in [0.2, 0.25) is 12.7 Å². The van der Waals surface area contributed by atoms with Crippen LogP contribution in [0.4, 0.5) is 13.2 Å². The summed E-state index contributed by atoms with van der Waals surface area (Å²) in [5.41, 5.74) is 2.60. The fourth-order valence-electron chi connectivity index (χ4n) is 5.41. The SMILES string of the molecule is CC(C)COc1ccccc1CN1CCC2(CCN(C(=O)Cc3ccc4c(c3)OCO4)CC2)C1.O=C(O)C(F)(F)F. The smallest absolute Gasteiger partial charge is 0.490 e. The molecule has 0 radical (unpaired) electrons. The molecule has 3 aliphatic rings. The quantitative estimate of drug-likeness (QED) is 0.487. The Morgan fingerprint density at radius 1 is 1.02 bits per heavy atom. The minimum atomic E-state index is -5.08. The van der Waals surface area contributed by atoms with Crippen molar-refractivity contribution in [1.29, 1.82) is 0 Å². The highest BCUT2D eigenvalue weighted by Gasteiger charge is 2.41. The summed E-state index contributed by atoms with van der Waals surface area (Å²) in [5, 5.41) is 7.12. The molecule has 224 valence electrons. The Balaban J connectivity index is 0.000000493. The normalized spacial score (nSPS) is 17.9. The van der Waals surface area contributed by atoms with Crippen molar-refractivity contribution in [3.8, 4) is 17.2 Å². The highest BCUT2D eigenvalue weighted by atomic mass is 19.4. The van der Waals surface area contributed by atoms with E-state index in [0.717, 1.165) is 75.0 Å². The summed E-state index contributed by atoms with van der Waals surface area (Å²) in [6.45, 7) is 10.2. The Bertz CT molecular complexity index is 1210. The molecule has 8 nitrogen and oxygen atoms in total. The second kappa shape index (κ2) is 13.0. The van der Waals surface area contributed by atoms with E-state index < -0.39 is 12.1 Å². The zero-order chi connectivity index (χ0) is 29.6. The second-order valence-electron chi connectivity index (χ2n) is 11.3. The number of amides is 1. The number of para-hydroxylation sites is 1. The van der Waals surface area contributed by atoms with Crippen LogP contribution in [0.5, 0.6) is 17.2 Å². The van der Waals surface area contributed by atoms with Gasteiger partial charge in [-0.25, -0.2) is 4.79 Å². The minimum Gasteiger partial charge on any atom is -0.493 e. The summed E-state index contributed by atoms with van der Waals surface area (Å²) in [7, 11) is 0. The predicted molar refractivity (Wildman–Crippen MR) is 145 cm³/mol. The molecule has 2 saturated heterocycles. The molecule has 3 aliphatic heterocycles. The molecule has 1 amide bonds. The molecule has 2 aromatic carbocycles. The Morgan fingerprint density at radius 3 is 2.37 bits per heavy atom. The van der Waals surface area contributed by atoms with E-state index in [9.17, 15) is 18.0 Å². The van der Waals surface area contributed by atoms with E-state index in [2.05, 4.69) is 43.0 Å². The van der Waals surface area contributed by atoms with E-state index >= 15 is 0 Å². The molecule has 41 heavy (non-hydrogen) atoms. The first-order valence-electron chi connectivity index (χ1n) is 13.8. The van der Waals surface area contributed by atoms with Gasteiger partial charge in [-0.15, -0.1) is 0 Å². The molecular formula is C30H37F3N2O6. The first-order valence-corrected chi connectivity index (χ1v) is 13.8. The van der Waals surface area contributed by atoms with Crippen LogP contribution in [0, 0.1) is 11.3 Å². The maximum absolute atomic E-state index is 13.0. The number of carbonyl (C=O) groups excluding carboxylic acids is 1. The number of carboxylic acid groups (broad SMARTS) is 1. The van der Waals surface area contributed by atoms with E-state index in [1.807, 2.05) is 23.1 Å². The number of piperidine rings is 1. The Morgan fingerprint density at radius 2 is 1.68 bits per heavy atom. The molecule has 3 heterocycles. The number of ether oxygens (including phenoxy) is 3. The highest BCUT2D eigenvalue weighted by molar-refractivity contribution is 5.79. The molecule has 0 atom stereocenters. The van der Waals surface area contributed by atoms with Crippen LogP contribution >= 0.6 is 0 Å². The minimum absolute atomic E-state index is 0.208. The van der Waals surface area contributed by atoms with Gasteiger partial charge in [0, 0.05) is 31.7 Å². The third-order valence-electron chi connectivity index (χ3n) is 7.67. The fraction of sp³-hybridized carbons (Fsp3) is 0.533. The number of hydrogen-bond acceptors (Lipinski definition) is 6. The Kier molecular flexibility index (Phi) is 9.68. The number of hydrogen-bond donors (Lipinski definition) is 1. The first kappa shape index (κ1) is 30.5. The molecule has 1 N–H and O–H groups in total. The van der Waals surface area contributed by atoms with Crippen molar-refractivity contribution in [1.82, 2.24) is 9.80 Å². The number of carboxylic acids is 1. The zero-order valence-electron chi connectivity index (χ0n) is 23.4. The number of nitrogens with zero attached hydrogens (tertiary/aromatic N) is 2. The van der Waals surface area contributed by atoms with Crippen LogP contribution in [0.15, 0.2) is 42.5 Å². The maximum atomic E-state index is 13.0. The van der Waals surface area contributed by atoms with Gasteiger partial charge in [-0.3, -0.25) is 9.69 Å². The van der Waals surface area contributed by atoms with Crippen LogP contribution < -0.4 is 14.2 Å². The predicted octanol–water partition coefficient (Wildman–Crippen LogP) is 5.14. The van der Waals surface area contributed by atoms with Gasteiger partial charge in [-0.05, 0) is 60.9 Å². The standard InChI is InChI=1S/C28H36N2O4.C2HF3O2/c1-21(2)18-32-24-6-4-3-5-23(24)17-29-12-9-28(19-29)10-13-30(14-11-28)27(31)16-22-7-8-25-26(15-22)34-20-33-25;3-2(4,5)1(6)7/h3-8,15,21H,9-14,16-20H2,1-2H3;(H,6,7). The number of fused-ring (bicyclic) bond motifs is 1. The van der Waals surface area contributed by atoms with Gasteiger partial charge in [0.15, 0.2) is 11.5 Å². The summed E-state index contributed by atoms with van der Waals surface area (Å²) in [4.78, 5) is 26.5. The largest absolute Gasteiger partial charge is 0.493 e. The molecule has 0 unspecified atom stereocenters. The third-order valence-corrected chi connectivity index (χ3v) is 7.67. The average Bonchev–Trinajstić information content (AvgIpc) is 3.55. The molecule has 0 aromatic heterocycles. The van der Waals surface area contributed by atoms with E-state index in [1.165, 1.54) is 12.0 Å². The lowest BCUT2D eigenvalue weighted by atomic mass is 9.77. The Hall–Kier alpha value is -3.47. The maximum Gasteiger partial charge on any atom is 0.490 e. The number of carbonyl (C=O) groups is 2. The van der Waals surface area contributed by atoms with Gasteiger partial charge in [0.1, 0.15) is 5.75 Å². The van der Waals surface area contributed by atoms with Crippen LogP contribution in [-0.2, 0) is 22.6 Å². The van der Waals surface area contributed by atoms with Crippen molar-refractivity contribution in [2.75, 3.05) is 39.6 Å². The van der Waals surface area contributed by atoms with E-state index in [0.29, 0.717) is 17.8 Å². The van der Waals surface area contributed by atoms with Gasteiger partial charge in [-0.2, -0.15) is 13.2 Å². The number of aliphatic carboxylic acids is 1. The number of likely N-dealkylation sites (tertiary alicyclic amines) is 2. The van der Waals surface area contributed by atoms with Crippen molar-refractivity contribution >= 4 is 11.9 Å². The molecule has 2 fully saturated rings. The Labute approximate surface area is 238 Å². The van der Waals surface area contributed by atoms with Crippen LogP contribution in [0.1, 0.15) is 44.2 Å². The van der Waals surface area contributed by atoms with Gasteiger partial charge >= 0.3 is 12.1 Å². The van der Waals surface area contributed by atoms with Crippen LogP contribution in [0.25, 0.3) is 0 Å². The fourth-order valence-corrected chi connectivity index (χ4v) is 5.41. The molecule has 1 spiro atoms. The lowest BCUT2D eigenvalue weighted by Crippen LogP contribution is -2.44. The lowest BCUT2D eigenvalue weighted by molar-refractivity contribution is -0.192. The van der Waals surface area contributed by atoms with Crippen molar-refractivity contribution in [3.63, 3.8) is 0 Å². The number of rotatable bonds is 7. The second-order valence-corrected chi connectivity index (χ2v) is 11.3. The molecule has 2 aromatic rings. The van der Waals surface area contributed by atoms with Crippen LogP contribution in [-0.4, -0.2) is 72.5 Å². The summed E-state index contributed by atoms with van der Waals surface area (Å²) in [6, 6.07) is 14.2. The third kappa shape index (κ3) is 8.28. The molecule has 0 bridgehead atoms. The van der Waals surface area contributed by atoms with Gasteiger partial charge in [-0.1, -0.05) is 38.1 Å². The molecule has 0 saturated carbocycles. The number of benzene rings is 2. The van der Waals surface area contributed by atoms with E-state index in [4.69, 9.17) is 24.1 Å². The molecule has 11 heteroatoms. The lowest BCUT2D eigenvalue weighted by Gasteiger charge is -2.39. The van der Waals surface area contributed by atoms with Crippen molar-refractivity contribution < 1.29 is 42.1 Å². The summed E-state index contributed by atoms with van der Waals surface area (Å²) >= 11 is 0. The van der Waals surface area contributed by atoms with Gasteiger partial charge in [0.25, 0.3) is 0 Å². The van der Waals surface area contributed by atoms with Crippen molar-refractivity contribution in [2.45, 2.75) is 52.3 Å². The van der Waals surface area contributed by atoms with Crippen molar-refractivity contribution in [3.05, 3.63) is 53.6 Å². The zero-order valence-corrected chi connectivity index (χ0v) is 23.4. The van der Waals surface area contributed by atoms with Crippen LogP contribution in [0.2, 0.25) is 0 Å². The molecular weight excluding hydrogens is 541 g/mol. The molecule has 5 rings (SSSR count). The van der Waals surface area contributed by atoms with Gasteiger partial charge in [0.05, 0.1) is 13.0 Å². The summed E-state index contributed by atoms with van der Waals surface area (Å²) in [6.07, 6.45) is -1.28. The highest BCUT2D eigenvalue weighted by Crippen LogP contribution is 2.41. The summed E-state index contributed by atoms with van der Waals surface area (Å²) in [5.74, 6) is 0.482. The van der Waals surface area contributed by atoms with Crippen LogP contribution in [0.3, 0.4) is 0 Å². The first-order chi connectivity index (χ1) is 19.4.